The average Bonchev–Trinajstić information content (AvgIpc) is 3.12. The molecular formula is C17H24N6O2S. The summed E-state index contributed by atoms with van der Waals surface area (Å²) in [6.45, 7) is 4.50. The van der Waals surface area contributed by atoms with Crippen LogP contribution < -0.4 is 10.6 Å². The number of aliphatic imine (C=N–C) groups is 1. The van der Waals surface area contributed by atoms with Gasteiger partial charge in [0.15, 0.2) is 21.6 Å². The molecule has 2 aromatic rings. The first-order chi connectivity index (χ1) is 12.4. The van der Waals surface area contributed by atoms with Gasteiger partial charge in [0.1, 0.15) is 0 Å². The molecule has 0 radical (unpaired) electrons. The van der Waals surface area contributed by atoms with Crippen LogP contribution >= 0.6 is 0 Å². The Bertz CT molecular complexity index is 902. The van der Waals surface area contributed by atoms with Crippen molar-refractivity contribution in [2.45, 2.75) is 32.9 Å². The van der Waals surface area contributed by atoms with E-state index in [1.54, 1.807) is 13.2 Å². The molecule has 0 aliphatic carbocycles. The molecule has 0 bridgehead atoms. The quantitative estimate of drug-likeness (QED) is 0.603. The molecule has 1 aliphatic heterocycles. The third-order valence-electron chi connectivity index (χ3n) is 4.29. The lowest BCUT2D eigenvalue weighted by Gasteiger charge is -2.16. The van der Waals surface area contributed by atoms with E-state index >= 15 is 0 Å². The molecule has 3 rings (SSSR count). The molecule has 1 aliphatic rings. The number of pyridine rings is 1. The number of nitrogens with one attached hydrogen (secondary N) is 2. The molecule has 1 unspecified atom stereocenters. The normalized spacial score (nSPS) is 19.5. The molecular weight excluding hydrogens is 352 g/mol. The number of hydrogen-bond acceptors (Lipinski definition) is 5. The monoisotopic (exact) mass is 376 g/mol. The Labute approximate surface area is 153 Å². The fourth-order valence-corrected chi connectivity index (χ4v) is 4.66. The lowest BCUT2D eigenvalue weighted by Crippen LogP contribution is -2.43. The van der Waals surface area contributed by atoms with E-state index in [4.69, 9.17) is 0 Å². The summed E-state index contributed by atoms with van der Waals surface area (Å²) in [6.07, 6.45) is 2.41. The maximum atomic E-state index is 11.5. The van der Waals surface area contributed by atoms with E-state index in [2.05, 4.69) is 25.7 Å². The van der Waals surface area contributed by atoms with Crippen molar-refractivity contribution in [1.29, 1.82) is 0 Å². The zero-order valence-corrected chi connectivity index (χ0v) is 16.0. The van der Waals surface area contributed by atoms with Crippen molar-refractivity contribution in [3.63, 3.8) is 0 Å². The van der Waals surface area contributed by atoms with Gasteiger partial charge in [0.2, 0.25) is 0 Å². The Balaban J connectivity index is 1.58. The lowest BCUT2D eigenvalue weighted by atomic mass is 10.2. The summed E-state index contributed by atoms with van der Waals surface area (Å²) >= 11 is 0. The van der Waals surface area contributed by atoms with Crippen LogP contribution in [0.2, 0.25) is 0 Å². The molecule has 1 fully saturated rings. The summed E-state index contributed by atoms with van der Waals surface area (Å²) in [4.78, 5) is 8.63. The summed E-state index contributed by atoms with van der Waals surface area (Å²) in [6, 6.07) is 5.84. The van der Waals surface area contributed by atoms with Crippen molar-refractivity contribution < 1.29 is 8.42 Å². The topological polar surface area (TPSA) is 101 Å². The third-order valence-corrected chi connectivity index (χ3v) is 6.06. The number of hydrogen-bond donors (Lipinski definition) is 2. The number of aromatic nitrogens is 3. The van der Waals surface area contributed by atoms with E-state index in [0.29, 0.717) is 18.9 Å². The molecule has 1 saturated heterocycles. The largest absolute Gasteiger partial charge is 0.353 e. The first-order valence-electron chi connectivity index (χ1n) is 8.52. The van der Waals surface area contributed by atoms with Gasteiger partial charge in [0.25, 0.3) is 0 Å². The number of sulfone groups is 1. The SMILES string of the molecule is CN=C(NCc1ccc(-n2nc(C)cc2C)nc1)NC1CCS(=O)(=O)C1. The minimum Gasteiger partial charge on any atom is -0.353 e. The number of rotatable bonds is 4. The molecule has 8 nitrogen and oxygen atoms in total. The first-order valence-corrected chi connectivity index (χ1v) is 10.3. The van der Waals surface area contributed by atoms with Gasteiger partial charge in [-0.05, 0) is 38.0 Å². The summed E-state index contributed by atoms with van der Waals surface area (Å²) < 4.78 is 24.9. The Morgan fingerprint density at radius 3 is 2.73 bits per heavy atom. The second kappa shape index (κ2) is 7.45. The Morgan fingerprint density at radius 2 is 2.19 bits per heavy atom. The third kappa shape index (κ3) is 4.40. The second-order valence-corrected chi connectivity index (χ2v) is 8.76. The lowest BCUT2D eigenvalue weighted by molar-refractivity contribution is 0.599. The van der Waals surface area contributed by atoms with Gasteiger partial charge in [-0.25, -0.2) is 18.1 Å². The zero-order valence-electron chi connectivity index (χ0n) is 15.2. The zero-order chi connectivity index (χ0) is 18.7. The second-order valence-electron chi connectivity index (χ2n) is 6.53. The van der Waals surface area contributed by atoms with Crippen LogP contribution in [0.15, 0.2) is 29.4 Å². The van der Waals surface area contributed by atoms with Crippen LogP contribution in [0.1, 0.15) is 23.4 Å². The van der Waals surface area contributed by atoms with Crippen LogP contribution in [-0.4, -0.2) is 53.7 Å². The Hall–Kier alpha value is -2.42. The van der Waals surface area contributed by atoms with Gasteiger partial charge in [-0.15, -0.1) is 0 Å². The molecule has 140 valence electrons. The summed E-state index contributed by atoms with van der Waals surface area (Å²) in [7, 11) is -1.24. The highest BCUT2D eigenvalue weighted by Gasteiger charge is 2.28. The smallest absolute Gasteiger partial charge is 0.191 e. The maximum Gasteiger partial charge on any atom is 0.191 e. The Kier molecular flexibility index (Phi) is 5.26. The van der Waals surface area contributed by atoms with Crippen molar-refractivity contribution in [1.82, 2.24) is 25.4 Å². The van der Waals surface area contributed by atoms with Crippen molar-refractivity contribution >= 4 is 15.8 Å². The van der Waals surface area contributed by atoms with E-state index < -0.39 is 9.84 Å². The van der Waals surface area contributed by atoms with E-state index in [1.165, 1.54) is 0 Å². The van der Waals surface area contributed by atoms with Crippen LogP contribution in [0, 0.1) is 13.8 Å². The van der Waals surface area contributed by atoms with Crippen LogP contribution in [0.5, 0.6) is 0 Å². The van der Waals surface area contributed by atoms with Gasteiger partial charge >= 0.3 is 0 Å². The van der Waals surface area contributed by atoms with Crippen molar-refractivity contribution in [2.24, 2.45) is 4.99 Å². The highest BCUT2D eigenvalue weighted by molar-refractivity contribution is 7.91. The van der Waals surface area contributed by atoms with Gasteiger partial charge in [0.05, 0.1) is 17.2 Å². The van der Waals surface area contributed by atoms with Gasteiger partial charge in [-0.2, -0.15) is 5.10 Å². The molecule has 2 N–H and O–H groups in total. The summed E-state index contributed by atoms with van der Waals surface area (Å²) in [5.74, 6) is 1.76. The van der Waals surface area contributed by atoms with Crippen LogP contribution in [0.3, 0.4) is 0 Å². The van der Waals surface area contributed by atoms with E-state index in [1.807, 2.05) is 36.7 Å². The fourth-order valence-electron chi connectivity index (χ4n) is 2.99. The molecule has 0 aromatic carbocycles. The van der Waals surface area contributed by atoms with Crippen LogP contribution in [-0.2, 0) is 16.4 Å². The molecule has 0 saturated carbocycles. The first kappa shape index (κ1) is 18.4. The average molecular weight is 376 g/mol. The molecule has 9 heteroatoms. The summed E-state index contributed by atoms with van der Waals surface area (Å²) in [5.41, 5.74) is 2.99. The minimum absolute atomic E-state index is 0.0854. The molecule has 0 spiro atoms. The predicted octanol–water partition coefficient (Wildman–Crippen LogP) is 0.736. The minimum atomic E-state index is -2.91. The highest BCUT2D eigenvalue weighted by atomic mass is 32.2. The van der Waals surface area contributed by atoms with E-state index in [0.717, 1.165) is 22.8 Å². The van der Waals surface area contributed by atoms with Gasteiger partial charge in [-0.1, -0.05) is 6.07 Å². The van der Waals surface area contributed by atoms with Crippen molar-refractivity contribution in [3.8, 4) is 5.82 Å². The van der Waals surface area contributed by atoms with Gasteiger partial charge in [-0.3, -0.25) is 4.99 Å². The molecule has 1 atom stereocenters. The fraction of sp³-hybridized carbons (Fsp3) is 0.471. The van der Waals surface area contributed by atoms with Crippen LogP contribution in [0.25, 0.3) is 5.82 Å². The number of nitrogens with zero attached hydrogens (tertiary/aromatic N) is 4. The van der Waals surface area contributed by atoms with Crippen molar-refractivity contribution in [3.05, 3.63) is 41.3 Å². The van der Waals surface area contributed by atoms with E-state index in [-0.39, 0.29) is 17.5 Å². The van der Waals surface area contributed by atoms with E-state index in [9.17, 15) is 8.42 Å². The predicted molar refractivity (Wildman–Crippen MR) is 101 cm³/mol. The number of aryl methyl sites for hydroxylation is 2. The molecule has 2 aromatic heterocycles. The number of guanidine groups is 1. The summed E-state index contributed by atoms with van der Waals surface area (Å²) in [5, 5.41) is 10.8. The van der Waals surface area contributed by atoms with Gasteiger partial charge in [0, 0.05) is 31.5 Å². The highest BCUT2D eigenvalue weighted by Crippen LogP contribution is 2.12. The maximum absolute atomic E-state index is 11.5. The molecule has 26 heavy (non-hydrogen) atoms. The Morgan fingerprint density at radius 1 is 1.38 bits per heavy atom. The van der Waals surface area contributed by atoms with Crippen LogP contribution in [0.4, 0.5) is 0 Å². The van der Waals surface area contributed by atoms with Crippen molar-refractivity contribution in [2.75, 3.05) is 18.6 Å². The molecule has 0 amide bonds. The standard InChI is InChI=1S/C17H24N6O2S/c1-12-8-13(2)23(22-12)16-5-4-14(9-19-16)10-20-17(18-3)21-15-6-7-26(24,25)11-15/h4-5,8-9,15H,6-7,10-11H2,1-3H3,(H2,18,20,21). The van der Waals surface area contributed by atoms with Gasteiger partial charge < -0.3 is 10.6 Å². The molecule has 3 heterocycles.